The van der Waals surface area contributed by atoms with Crippen LogP contribution in [0.5, 0.6) is 0 Å². The third kappa shape index (κ3) is 4.77. The fourth-order valence-corrected chi connectivity index (χ4v) is 4.24. The molecular weight excluding hydrogens is 386 g/mol. The maximum absolute atomic E-state index is 12.2. The molecule has 158 valence electrons. The lowest BCUT2D eigenvalue weighted by Gasteiger charge is -2.39. The van der Waals surface area contributed by atoms with Crippen molar-refractivity contribution in [2.45, 2.75) is 76.8 Å². The summed E-state index contributed by atoms with van der Waals surface area (Å²) < 4.78 is 13.4. The first-order valence-electron chi connectivity index (χ1n) is 9.18. The number of nitrogens with one attached hydrogen (secondary N) is 1. The van der Waals surface area contributed by atoms with Gasteiger partial charge in [0.05, 0.1) is 6.10 Å². The molecule has 0 aromatic carbocycles. The van der Waals surface area contributed by atoms with E-state index >= 15 is 0 Å². The lowest BCUT2D eigenvalue weighted by Crippen LogP contribution is -2.49. The molecular formula is C17H29N3O7Si. The van der Waals surface area contributed by atoms with Gasteiger partial charge in [-0.25, -0.2) is 4.79 Å². The maximum atomic E-state index is 12.2. The lowest BCUT2D eigenvalue weighted by atomic mass is 10.1. The van der Waals surface area contributed by atoms with Gasteiger partial charge in [-0.3, -0.25) is 24.5 Å². The number of rotatable bonds is 6. The van der Waals surface area contributed by atoms with E-state index in [9.17, 15) is 24.8 Å². The zero-order valence-corrected chi connectivity index (χ0v) is 18.1. The van der Waals surface area contributed by atoms with Gasteiger partial charge >= 0.3 is 5.69 Å². The highest BCUT2D eigenvalue weighted by Gasteiger charge is 2.48. The first-order chi connectivity index (χ1) is 12.7. The molecule has 0 radical (unpaired) electrons. The van der Waals surface area contributed by atoms with Crippen LogP contribution >= 0.6 is 0 Å². The van der Waals surface area contributed by atoms with Gasteiger partial charge in [0.2, 0.25) is 6.54 Å². The lowest BCUT2D eigenvalue weighted by molar-refractivity contribution is -0.493. The van der Waals surface area contributed by atoms with E-state index in [4.69, 9.17) is 9.16 Å². The zero-order chi connectivity index (χ0) is 21.4. The molecule has 1 fully saturated rings. The van der Waals surface area contributed by atoms with Crippen LogP contribution in [-0.4, -0.2) is 52.8 Å². The summed E-state index contributed by atoms with van der Waals surface area (Å²) in [5.74, 6) is 0. The second-order valence-corrected chi connectivity index (χ2v) is 13.5. The van der Waals surface area contributed by atoms with E-state index in [-0.39, 0.29) is 11.5 Å². The number of nitrogens with zero attached hydrogens (tertiary/aromatic N) is 2. The average Bonchev–Trinajstić information content (AvgIpc) is 2.92. The second-order valence-electron chi connectivity index (χ2n) is 8.77. The van der Waals surface area contributed by atoms with Gasteiger partial charge < -0.3 is 14.3 Å². The summed E-state index contributed by atoms with van der Waals surface area (Å²) in [6.45, 7) is 11.1. The normalized spacial score (nSPS) is 24.3. The number of aryl methyl sites for hydroxylation is 1. The van der Waals surface area contributed by atoms with E-state index in [0.29, 0.717) is 5.56 Å². The van der Waals surface area contributed by atoms with Gasteiger partial charge in [-0.05, 0) is 25.1 Å². The van der Waals surface area contributed by atoms with Crippen LogP contribution in [0.15, 0.2) is 15.8 Å². The summed E-state index contributed by atoms with van der Waals surface area (Å²) in [5.41, 5.74) is -0.797. The van der Waals surface area contributed by atoms with Crippen LogP contribution < -0.4 is 11.2 Å². The van der Waals surface area contributed by atoms with Gasteiger partial charge in [0.1, 0.15) is 18.4 Å². The molecule has 0 unspecified atom stereocenters. The van der Waals surface area contributed by atoms with Crippen molar-refractivity contribution in [1.82, 2.24) is 9.55 Å². The minimum atomic E-state index is -2.27. The fraction of sp³-hybridized carbons (Fsp3) is 0.765. The van der Waals surface area contributed by atoms with Gasteiger partial charge in [-0.15, -0.1) is 0 Å². The van der Waals surface area contributed by atoms with E-state index in [2.05, 4.69) is 25.8 Å². The number of hydrogen-bond donors (Lipinski definition) is 2. The monoisotopic (exact) mass is 415 g/mol. The van der Waals surface area contributed by atoms with Crippen molar-refractivity contribution in [1.29, 1.82) is 0 Å². The smallest absolute Gasteiger partial charge is 0.330 e. The first kappa shape index (κ1) is 22.5. The molecule has 10 nitrogen and oxygen atoms in total. The Morgan fingerprint density at radius 1 is 1.46 bits per heavy atom. The van der Waals surface area contributed by atoms with E-state index in [1.807, 2.05) is 13.1 Å². The molecule has 2 N–H and O–H groups in total. The second kappa shape index (κ2) is 7.89. The van der Waals surface area contributed by atoms with Crippen molar-refractivity contribution in [2.24, 2.45) is 0 Å². The van der Waals surface area contributed by atoms with Crippen molar-refractivity contribution in [2.75, 3.05) is 6.54 Å². The minimum absolute atomic E-state index is 0.116. The van der Waals surface area contributed by atoms with Gasteiger partial charge in [0.15, 0.2) is 8.32 Å². The Morgan fingerprint density at radius 3 is 2.61 bits per heavy atom. The van der Waals surface area contributed by atoms with Crippen LogP contribution in [0.1, 0.15) is 39.0 Å². The largest absolute Gasteiger partial charge is 0.411 e. The molecule has 1 aliphatic rings. The number of aliphatic hydroxyl groups excluding tert-OH is 1. The van der Waals surface area contributed by atoms with E-state index < -0.39 is 55.6 Å². The van der Waals surface area contributed by atoms with Crippen LogP contribution in [0.3, 0.4) is 0 Å². The molecule has 2 rings (SSSR count). The molecule has 1 aromatic heterocycles. The predicted molar refractivity (Wildman–Crippen MR) is 105 cm³/mol. The number of nitro groups is 1. The number of aromatic nitrogens is 2. The third-order valence-electron chi connectivity index (χ3n) is 5.54. The molecule has 28 heavy (non-hydrogen) atoms. The molecule has 2 heterocycles. The Morgan fingerprint density at radius 2 is 2.07 bits per heavy atom. The molecule has 0 spiro atoms. The van der Waals surface area contributed by atoms with Gasteiger partial charge in [0.25, 0.3) is 5.56 Å². The van der Waals surface area contributed by atoms with Gasteiger partial charge in [-0.2, -0.15) is 0 Å². The minimum Gasteiger partial charge on any atom is -0.411 e. The quantitative estimate of drug-likeness (QED) is 0.404. The van der Waals surface area contributed by atoms with Crippen LogP contribution in [0.4, 0.5) is 0 Å². The first-order valence-corrected chi connectivity index (χ1v) is 12.1. The van der Waals surface area contributed by atoms with Crippen molar-refractivity contribution < 1.29 is 19.2 Å². The highest BCUT2D eigenvalue weighted by Crippen LogP contribution is 2.41. The molecule has 1 aliphatic heterocycles. The Kier molecular flexibility index (Phi) is 6.33. The number of ether oxygens (including phenoxy) is 1. The molecule has 0 amide bonds. The summed E-state index contributed by atoms with van der Waals surface area (Å²) in [6.07, 6.45) is -2.13. The predicted octanol–water partition coefficient (Wildman–Crippen LogP) is 1.16. The highest BCUT2D eigenvalue weighted by molar-refractivity contribution is 6.74. The van der Waals surface area contributed by atoms with Gasteiger partial charge in [-0.1, -0.05) is 20.8 Å². The molecule has 4 atom stereocenters. The summed E-state index contributed by atoms with van der Waals surface area (Å²) in [5, 5.41) is 21.1. The van der Waals surface area contributed by atoms with Crippen molar-refractivity contribution >= 4 is 8.32 Å². The Hall–Kier alpha value is -1.82. The average molecular weight is 416 g/mol. The Labute approximate surface area is 163 Å². The standard InChI is InChI=1S/C17H29N3O7Si/c1-10-8-19(16(23)18-15(10)22)13-7-12(27-28(5,6)17(2,3)4)14(26-13)11(21)9-20(24)25/h8,11-14,21H,7,9H2,1-6H3,(H,18,22,23)/t11-,12+,13-,14-/m1/s1. The molecule has 0 bridgehead atoms. The van der Waals surface area contributed by atoms with Crippen molar-refractivity contribution in [3.8, 4) is 0 Å². The molecule has 1 aromatic rings. The number of aliphatic hydroxyl groups is 1. The van der Waals surface area contributed by atoms with Crippen molar-refractivity contribution in [3.63, 3.8) is 0 Å². The molecule has 11 heteroatoms. The SMILES string of the molecule is Cc1cn([C@H]2C[C@H](O[Si](C)(C)C(C)(C)C)[C@@H]([C@H](O)C[N+](=O)[O-])O2)c(=O)[nH]c1=O. The summed E-state index contributed by atoms with van der Waals surface area (Å²) in [4.78, 5) is 36.3. The van der Waals surface area contributed by atoms with Crippen LogP contribution in [0.25, 0.3) is 0 Å². The molecule has 0 saturated carbocycles. The third-order valence-corrected chi connectivity index (χ3v) is 10.0. The zero-order valence-electron chi connectivity index (χ0n) is 17.1. The fourth-order valence-electron chi connectivity index (χ4n) is 2.90. The van der Waals surface area contributed by atoms with Crippen LogP contribution in [0, 0.1) is 17.0 Å². The molecule has 1 saturated heterocycles. The Bertz CT molecular complexity index is 842. The molecule has 0 aliphatic carbocycles. The number of hydrogen-bond acceptors (Lipinski definition) is 7. The summed E-state index contributed by atoms with van der Waals surface area (Å²) >= 11 is 0. The van der Waals surface area contributed by atoms with Crippen LogP contribution in [-0.2, 0) is 9.16 Å². The maximum Gasteiger partial charge on any atom is 0.330 e. The Balaban J connectivity index is 2.36. The number of aromatic amines is 1. The topological polar surface area (TPSA) is 137 Å². The van der Waals surface area contributed by atoms with E-state index in [1.54, 1.807) is 6.92 Å². The van der Waals surface area contributed by atoms with Crippen molar-refractivity contribution in [3.05, 3.63) is 42.7 Å². The van der Waals surface area contributed by atoms with E-state index in [0.717, 1.165) is 0 Å². The summed E-state index contributed by atoms with van der Waals surface area (Å²) in [7, 11) is -2.27. The van der Waals surface area contributed by atoms with E-state index in [1.165, 1.54) is 10.8 Å². The highest BCUT2D eigenvalue weighted by atomic mass is 28.4. The summed E-state index contributed by atoms with van der Waals surface area (Å²) in [6, 6.07) is 0. The number of H-pyrrole nitrogens is 1. The van der Waals surface area contributed by atoms with Crippen LogP contribution in [0.2, 0.25) is 18.1 Å². The van der Waals surface area contributed by atoms with Gasteiger partial charge in [0, 0.05) is 23.1 Å².